The van der Waals surface area contributed by atoms with Crippen molar-refractivity contribution < 1.29 is 4.79 Å². The van der Waals surface area contributed by atoms with Crippen LogP contribution in [0.3, 0.4) is 0 Å². The molecule has 0 unspecified atom stereocenters. The molecule has 0 spiro atoms. The van der Waals surface area contributed by atoms with E-state index in [2.05, 4.69) is 43.8 Å². The van der Waals surface area contributed by atoms with Crippen LogP contribution >= 0.6 is 11.3 Å². The number of carbonyl (C=O) groups is 1. The normalized spacial score (nSPS) is 11.6. The molecule has 4 aromatic heterocycles. The van der Waals surface area contributed by atoms with Crippen molar-refractivity contribution in [2.75, 3.05) is 5.32 Å². The Morgan fingerprint density at radius 3 is 2.81 bits per heavy atom. The molecular weight excluding hydrogens is 420 g/mol. The molecule has 156 valence electrons. The fourth-order valence-electron chi connectivity index (χ4n) is 4.02. The van der Waals surface area contributed by atoms with Crippen molar-refractivity contribution >= 4 is 49.6 Å². The summed E-state index contributed by atoms with van der Waals surface area (Å²) in [6.07, 6.45) is 3.37. The highest BCUT2D eigenvalue weighted by Gasteiger charge is 2.17. The highest BCUT2D eigenvalue weighted by atomic mass is 32.1. The van der Waals surface area contributed by atoms with Crippen LogP contribution in [-0.4, -0.2) is 30.7 Å². The van der Waals surface area contributed by atoms with Crippen LogP contribution < -0.4 is 5.32 Å². The summed E-state index contributed by atoms with van der Waals surface area (Å²) in [6.45, 7) is 3.78. The summed E-state index contributed by atoms with van der Waals surface area (Å²) in [5.74, 6) is -0.227. The van der Waals surface area contributed by atoms with Gasteiger partial charge in [-0.2, -0.15) is 10.2 Å². The second kappa shape index (κ2) is 7.00. The van der Waals surface area contributed by atoms with Gasteiger partial charge in [-0.1, -0.05) is 18.2 Å². The molecule has 0 aliphatic rings. The second-order valence-electron chi connectivity index (χ2n) is 7.77. The molecular formula is C24H18N6OS. The molecule has 1 amide bonds. The van der Waals surface area contributed by atoms with E-state index in [4.69, 9.17) is 0 Å². The first-order chi connectivity index (χ1) is 15.6. The van der Waals surface area contributed by atoms with Crippen LogP contribution in [0.25, 0.3) is 37.1 Å². The fourth-order valence-corrected chi connectivity index (χ4v) is 5.11. The second-order valence-corrected chi connectivity index (χ2v) is 8.86. The Hall–Kier alpha value is -4.04. The van der Waals surface area contributed by atoms with E-state index >= 15 is 0 Å². The average Bonchev–Trinajstić information content (AvgIpc) is 3.50. The summed E-state index contributed by atoms with van der Waals surface area (Å²) < 4.78 is 2.92. The molecule has 0 aliphatic heterocycles. The number of nitrogens with zero attached hydrogens (tertiary/aromatic N) is 4. The van der Waals surface area contributed by atoms with Gasteiger partial charge in [0.1, 0.15) is 0 Å². The lowest BCUT2D eigenvalue weighted by Gasteiger charge is -2.10. The van der Waals surface area contributed by atoms with Gasteiger partial charge in [0.25, 0.3) is 5.91 Å². The molecule has 4 heterocycles. The number of nitrogens with one attached hydrogen (secondary N) is 2. The van der Waals surface area contributed by atoms with Gasteiger partial charge in [0.15, 0.2) is 5.65 Å². The minimum Gasteiger partial charge on any atom is -0.322 e. The molecule has 0 saturated carbocycles. The summed E-state index contributed by atoms with van der Waals surface area (Å²) in [7, 11) is 0. The molecule has 0 saturated heterocycles. The van der Waals surface area contributed by atoms with Crippen LogP contribution in [0.2, 0.25) is 0 Å². The van der Waals surface area contributed by atoms with Crippen LogP contribution in [0.15, 0.2) is 60.9 Å². The summed E-state index contributed by atoms with van der Waals surface area (Å²) in [5, 5.41) is 16.9. The number of aromatic nitrogens is 5. The van der Waals surface area contributed by atoms with E-state index in [0.717, 1.165) is 38.4 Å². The Labute approximate surface area is 186 Å². The first-order valence-electron chi connectivity index (χ1n) is 10.2. The predicted octanol–water partition coefficient (Wildman–Crippen LogP) is 5.36. The van der Waals surface area contributed by atoms with Gasteiger partial charge in [0.2, 0.25) is 0 Å². The van der Waals surface area contributed by atoms with Gasteiger partial charge in [-0.25, -0.2) is 9.50 Å². The molecule has 0 atom stereocenters. The molecule has 2 aromatic carbocycles. The van der Waals surface area contributed by atoms with Crippen molar-refractivity contribution in [1.29, 1.82) is 0 Å². The largest absolute Gasteiger partial charge is 0.322 e. The number of carbonyl (C=O) groups excluding carboxylic acids is 1. The molecule has 6 rings (SSSR count). The first kappa shape index (κ1) is 18.7. The number of aryl methyl sites for hydroxylation is 2. The predicted molar refractivity (Wildman–Crippen MR) is 127 cm³/mol. The van der Waals surface area contributed by atoms with Crippen molar-refractivity contribution in [2.45, 2.75) is 13.8 Å². The molecule has 0 aliphatic carbocycles. The number of benzene rings is 2. The van der Waals surface area contributed by atoms with E-state index < -0.39 is 0 Å². The van der Waals surface area contributed by atoms with Crippen LogP contribution in [0.5, 0.6) is 0 Å². The highest BCUT2D eigenvalue weighted by Crippen LogP contribution is 2.38. The maximum Gasteiger partial charge on any atom is 0.259 e. The minimum atomic E-state index is -0.227. The Balaban J connectivity index is 1.42. The van der Waals surface area contributed by atoms with E-state index in [9.17, 15) is 4.79 Å². The summed E-state index contributed by atoms with van der Waals surface area (Å²) >= 11 is 1.72. The van der Waals surface area contributed by atoms with E-state index in [1.807, 2.05) is 44.2 Å². The number of aromatic amines is 1. The number of H-pyrrole nitrogens is 1. The molecule has 7 nitrogen and oxygen atoms in total. The molecule has 0 fully saturated rings. The van der Waals surface area contributed by atoms with E-state index in [1.165, 1.54) is 10.1 Å². The molecule has 0 radical (unpaired) electrons. The van der Waals surface area contributed by atoms with E-state index in [0.29, 0.717) is 11.3 Å². The number of amides is 1. The third-order valence-corrected chi connectivity index (χ3v) is 6.74. The van der Waals surface area contributed by atoms with Gasteiger partial charge >= 0.3 is 0 Å². The Morgan fingerprint density at radius 1 is 1.06 bits per heavy atom. The number of hydrogen-bond acceptors (Lipinski definition) is 5. The smallest absolute Gasteiger partial charge is 0.259 e. The number of hydrogen-bond donors (Lipinski definition) is 2. The Bertz CT molecular complexity index is 1620. The lowest BCUT2D eigenvalue weighted by molar-refractivity contribution is 0.102. The van der Waals surface area contributed by atoms with Crippen molar-refractivity contribution in [3.63, 3.8) is 0 Å². The summed E-state index contributed by atoms with van der Waals surface area (Å²) in [5.41, 5.74) is 5.46. The summed E-state index contributed by atoms with van der Waals surface area (Å²) in [6, 6.07) is 16.3. The average molecular weight is 439 g/mol. The zero-order valence-electron chi connectivity index (χ0n) is 17.4. The van der Waals surface area contributed by atoms with Crippen LogP contribution in [0.4, 0.5) is 5.69 Å². The van der Waals surface area contributed by atoms with Crippen LogP contribution in [0, 0.1) is 13.8 Å². The fraction of sp³-hybridized carbons (Fsp3) is 0.0833. The van der Waals surface area contributed by atoms with Gasteiger partial charge < -0.3 is 5.32 Å². The Kier molecular flexibility index (Phi) is 4.09. The molecule has 2 N–H and O–H groups in total. The Morgan fingerprint density at radius 2 is 1.94 bits per heavy atom. The van der Waals surface area contributed by atoms with Gasteiger partial charge in [-0.15, -0.1) is 11.3 Å². The quantitative estimate of drug-likeness (QED) is 0.390. The minimum absolute atomic E-state index is 0.227. The topological polar surface area (TPSA) is 88.0 Å². The molecule has 6 aromatic rings. The first-order valence-corrected chi connectivity index (χ1v) is 11.0. The maximum atomic E-state index is 13.1. The number of rotatable bonds is 3. The van der Waals surface area contributed by atoms with Crippen molar-refractivity contribution in [1.82, 2.24) is 24.8 Å². The number of anilines is 1. The number of thiophene rings is 1. The third kappa shape index (κ3) is 2.96. The SMILES string of the molecule is Cc1cc2ncc(C(=O)Nc3cc(-c4cc5ccccc5s4)c4[nH]ncc4c3)c(C)n2n1. The van der Waals surface area contributed by atoms with Crippen molar-refractivity contribution in [2.24, 2.45) is 0 Å². The monoisotopic (exact) mass is 438 g/mol. The lowest BCUT2D eigenvalue weighted by Crippen LogP contribution is -2.16. The third-order valence-electron chi connectivity index (χ3n) is 5.59. The van der Waals surface area contributed by atoms with E-state index in [-0.39, 0.29) is 5.91 Å². The van der Waals surface area contributed by atoms with Gasteiger partial charge in [0.05, 0.1) is 28.7 Å². The van der Waals surface area contributed by atoms with Crippen molar-refractivity contribution in [3.05, 3.63) is 77.9 Å². The molecule has 0 bridgehead atoms. The highest BCUT2D eigenvalue weighted by molar-refractivity contribution is 7.22. The zero-order chi connectivity index (χ0) is 21.8. The molecule has 32 heavy (non-hydrogen) atoms. The zero-order valence-corrected chi connectivity index (χ0v) is 18.2. The van der Waals surface area contributed by atoms with Gasteiger partial charge in [-0.3, -0.25) is 9.89 Å². The number of fused-ring (bicyclic) bond motifs is 3. The van der Waals surface area contributed by atoms with Gasteiger partial charge in [0, 0.05) is 38.5 Å². The van der Waals surface area contributed by atoms with Crippen molar-refractivity contribution in [3.8, 4) is 10.4 Å². The van der Waals surface area contributed by atoms with Gasteiger partial charge in [-0.05, 0) is 43.5 Å². The summed E-state index contributed by atoms with van der Waals surface area (Å²) in [4.78, 5) is 18.6. The standard InChI is InChI=1S/C24H18N6OS/c1-13-7-22-25-12-19(14(2)30(22)29-13)24(31)27-17-8-16-11-26-28-23(16)18(10-17)21-9-15-5-3-4-6-20(15)32-21/h3-12H,1-2H3,(H,26,28)(H,27,31). The van der Waals surface area contributed by atoms with Crippen LogP contribution in [0.1, 0.15) is 21.7 Å². The van der Waals surface area contributed by atoms with Crippen LogP contribution in [-0.2, 0) is 0 Å². The lowest BCUT2D eigenvalue weighted by atomic mass is 10.1. The maximum absolute atomic E-state index is 13.1. The molecule has 8 heteroatoms. The van der Waals surface area contributed by atoms with E-state index in [1.54, 1.807) is 28.2 Å².